The van der Waals surface area contributed by atoms with E-state index in [-0.39, 0.29) is 11.8 Å². The molecule has 3 heterocycles. The quantitative estimate of drug-likeness (QED) is 0.760. The zero-order chi connectivity index (χ0) is 17.7. The van der Waals surface area contributed by atoms with Crippen molar-refractivity contribution in [1.29, 1.82) is 0 Å². The molecule has 2 amide bonds. The first kappa shape index (κ1) is 16.1. The van der Waals surface area contributed by atoms with Crippen LogP contribution in [0.4, 0.5) is 0 Å². The highest BCUT2D eigenvalue weighted by Crippen LogP contribution is 2.44. The Balaban J connectivity index is 1.20. The molecule has 6 nitrogen and oxygen atoms in total. The van der Waals surface area contributed by atoms with Crippen LogP contribution in [-0.2, 0) is 17.8 Å². The summed E-state index contributed by atoms with van der Waals surface area (Å²) in [6, 6.07) is 1.96. The molecule has 0 aromatic carbocycles. The van der Waals surface area contributed by atoms with Crippen LogP contribution < -0.4 is 0 Å². The molecular weight excluding hydrogens is 328 g/mol. The molecule has 1 saturated carbocycles. The summed E-state index contributed by atoms with van der Waals surface area (Å²) in [7, 11) is 0. The maximum atomic E-state index is 12.8. The second-order valence-corrected chi connectivity index (χ2v) is 8.21. The Kier molecular flexibility index (Phi) is 3.87. The van der Waals surface area contributed by atoms with Crippen LogP contribution in [0, 0.1) is 17.8 Å². The van der Waals surface area contributed by atoms with Gasteiger partial charge in [-0.25, -0.2) is 0 Å². The third-order valence-corrected chi connectivity index (χ3v) is 6.61. The van der Waals surface area contributed by atoms with Gasteiger partial charge < -0.3 is 9.80 Å². The van der Waals surface area contributed by atoms with Gasteiger partial charge in [0.25, 0.3) is 5.91 Å². The summed E-state index contributed by atoms with van der Waals surface area (Å²) >= 11 is 0. The third-order valence-electron chi connectivity index (χ3n) is 6.61. The zero-order valence-electron chi connectivity index (χ0n) is 15.1. The van der Waals surface area contributed by atoms with Gasteiger partial charge in [0, 0.05) is 44.3 Å². The van der Waals surface area contributed by atoms with Crippen molar-refractivity contribution in [3.8, 4) is 0 Å². The van der Waals surface area contributed by atoms with E-state index in [0.717, 1.165) is 32.2 Å². The van der Waals surface area contributed by atoms with Crippen molar-refractivity contribution in [2.45, 2.75) is 38.6 Å². The van der Waals surface area contributed by atoms with Crippen LogP contribution in [0.3, 0.4) is 0 Å². The molecule has 138 valence electrons. The van der Waals surface area contributed by atoms with E-state index < -0.39 is 0 Å². The molecule has 2 bridgehead atoms. The summed E-state index contributed by atoms with van der Waals surface area (Å²) in [5, 5.41) is 4.51. The summed E-state index contributed by atoms with van der Waals surface area (Å²) in [5.41, 5.74) is 1.75. The lowest BCUT2D eigenvalue weighted by atomic mass is 9.92. The van der Waals surface area contributed by atoms with E-state index in [2.05, 4.69) is 17.3 Å². The van der Waals surface area contributed by atoms with Gasteiger partial charge in [0.1, 0.15) is 0 Å². The number of amides is 2. The molecule has 1 aromatic heterocycles. The van der Waals surface area contributed by atoms with Crippen molar-refractivity contribution in [3.05, 3.63) is 29.6 Å². The van der Waals surface area contributed by atoms with E-state index in [9.17, 15) is 9.59 Å². The minimum atomic E-state index is 0.0156. The largest absolute Gasteiger partial charge is 0.339 e. The Morgan fingerprint density at radius 1 is 0.962 bits per heavy atom. The standard InChI is InChI=1S/C20H26N4O2/c25-19(17-12-14-4-5-15(17)11-14)22-7-9-23(10-8-22)20(26)18-13-16-3-1-2-6-24(16)21-18/h4-5,13-15,17H,1-3,6-12H2. The SMILES string of the molecule is O=C(c1cc2n(n1)CCCC2)N1CCN(C(=O)C2CC3C=CC2C3)CC1. The van der Waals surface area contributed by atoms with Crippen molar-refractivity contribution < 1.29 is 9.59 Å². The molecular formula is C20H26N4O2. The number of carbonyl (C=O) groups is 2. The number of piperazine rings is 1. The van der Waals surface area contributed by atoms with Gasteiger partial charge in [-0.2, -0.15) is 5.10 Å². The fourth-order valence-corrected chi connectivity index (χ4v) is 5.11. The van der Waals surface area contributed by atoms with Gasteiger partial charge in [-0.1, -0.05) is 12.2 Å². The van der Waals surface area contributed by atoms with Crippen LogP contribution in [0.1, 0.15) is 41.9 Å². The number of hydrogen-bond acceptors (Lipinski definition) is 3. The number of rotatable bonds is 2. The van der Waals surface area contributed by atoms with E-state index in [1.54, 1.807) is 0 Å². The van der Waals surface area contributed by atoms with Gasteiger partial charge in [0.2, 0.25) is 5.91 Å². The number of aromatic nitrogens is 2. The van der Waals surface area contributed by atoms with Crippen molar-refractivity contribution >= 4 is 11.8 Å². The van der Waals surface area contributed by atoms with Gasteiger partial charge in [-0.05, 0) is 50.0 Å². The van der Waals surface area contributed by atoms with Crippen LogP contribution in [0.5, 0.6) is 0 Å². The van der Waals surface area contributed by atoms with E-state index in [1.807, 2.05) is 20.5 Å². The van der Waals surface area contributed by atoms with Crippen LogP contribution in [0.2, 0.25) is 0 Å². The average molecular weight is 354 g/mol. The van der Waals surface area contributed by atoms with Gasteiger partial charge in [-0.15, -0.1) is 0 Å². The summed E-state index contributed by atoms with van der Waals surface area (Å²) in [6.45, 7) is 3.45. The lowest BCUT2D eigenvalue weighted by molar-refractivity contribution is -0.137. The second-order valence-electron chi connectivity index (χ2n) is 8.21. The van der Waals surface area contributed by atoms with E-state index in [0.29, 0.717) is 49.6 Å². The number of fused-ring (bicyclic) bond motifs is 3. The molecule has 5 rings (SSSR count). The molecule has 3 atom stereocenters. The maximum absolute atomic E-state index is 12.8. The number of nitrogens with zero attached hydrogens (tertiary/aromatic N) is 4. The summed E-state index contributed by atoms with van der Waals surface area (Å²) in [4.78, 5) is 29.5. The van der Waals surface area contributed by atoms with E-state index >= 15 is 0 Å². The lowest BCUT2D eigenvalue weighted by Gasteiger charge is -2.36. The Morgan fingerprint density at radius 3 is 2.46 bits per heavy atom. The second kappa shape index (κ2) is 6.25. The molecule has 2 aliphatic carbocycles. The van der Waals surface area contributed by atoms with Gasteiger partial charge in [-0.3, -0.25) is 14.3 Å². The monoisotopic (exact) mass is 354 g/mol. The Morgan fingerprint density at radius 2 is 1.77 bits per heavy atom. The van der Waals surface area contributed by atoms with Crippen molar-refractivity contribution in [3.63, 3.8) is 0 Å². The summed E-state index contributed by atoms with van der Waals surface area (Å²) < 4.78 is 1.99. The molecule has 0 N–H and O–H groups in total. The summed E-state index contributed by atoms with van der Waals surface area (Å²) in [6.07, 6.45) is 10.0. The highest BCUT2D eigenvalue weighted by Gasteiger charge is 2.42. The first-order valence-electron chi connectivity index (χ1n) is 10.0. The van der Waals surface area contributed by atoms with Crippen molar-refractivity contribution in [1.82, 2.24) is 19.6 Å². The van der Waals surface area contributed by atoms with Crippen LogP contribution >= 0.6 is 0 Å². The topological polar surface area (TPSA) is 58.4 Å². The minimum absolute atomic E-state index is 0.0156. The number of allylic oxidation sites excluding steroid dienone is 2. The predicted octanol–water partition coefficient (Wildman–Crippen LogP) is 1.72. The molecule has 0 spiro atoms. The normalized spacial score (nSPS) is 29.9. The average Bonchev–Trinajstić information content (AvgIpc) is 3.41. The Hall–Kier alpha value is -2.11. The van der Waals surface area contributed by atoms with Crippen molar-refractivity contribution in [2.24, 2.45) is 17.8 Å². The maximum Gasteiger partial charge on any atom is 0.274 e. The van der Waals surface area contributed by atoms with Crippen LogP contribution in [0.15, 0.2) is 18.2 Å². The fraction of sp³-hybridized carbons (Fsp3) is 0.650. The highest BCUT2D eigenvalue weighted by molar-refractivity contribution is 5.92. The molecule has 2 aliphatic heterocycles. The molecule has 4 aliphatic rings. The Labute approximate surface area is 153 Å². The lowest BCUT2D eigenvalue weighted by Crippen LogP contribution is -2.52. The highest BCUT2D eigenvalue weighted by atomic mass is 16.2. The van der Waals surface area contributed by atoms with Crippen molar-refractivity contribution in [2.75, 3.05) is 26.2 Å². The van der Waals surface area contributed by atoms with Gasteiger partial charge in [0.15, 0.2) is 5.69 Å². The molecule has 3 unspecified atom stereocenters. The molecule has 26 heavy (non-hydrogen) atoms. The zero-order valence-corrected chi connectivity index (χ0v) is 15.1. The smallest absolute Gasteiger partial charge is 0.274 e. The molecule has 2 fully saturated rings. The fourth-order valence-electron chi connectivity index (χ4n) is 5.11. The number of hydrogen-bond donors (Lipinski definition) is 0. The summed E-state index contributed by atoms with van der Waals surface area (Å²) in [5.74, 6) is 1.55. The van der Waals surface area contributed by atoms with Crippen LogP contribution in [-0.4, -0.2) is 57.6 Å². The minimum Gasteiger partial charge on any atom is -0.339 e. The molecule has 1 aromatic rings. The number of carbonyl (C=O) groups excluding carboxylic acids is 2. The van der Waals surface area contributed by atoms with Gasteiger partial charge >= 0.3 is 0 Å². The first-order chi connectivity index (χ1) is 12.7. The molecule has 1 saturated heterocycles. The molecule has 6 heteroatoms. The first-order valence-corrected chi connectivity index (χ1v) is 10.0. The molecule has 0 radical (unpaired) electrons. The van der Waals surface area contributed by atoms with E-state index in [1.165, 1.54) is 12.1 Å². The predicted molar refractivity (Wildman–Crippen MR) is 96.5 cm³/mol. The van der Waals surface area contributed by atoms with Crippen LogP contribution in [0.25, 0.3) is 0 Å². The number of aryl methyl sites for hydroxylation is 2. The Bertz CT molecular complexity index is 736. The van der Waals surface area contributed by atoms with Gasteiger partial charge in [0.05, 0.1) is 0 Å². The third kappa shape index (κ3) is 2.66. The van der Waals surface area contributed by atoms with E-state index in [4.69, 9.17) is 0 Å².